The van der Waals surface area contributed by atoms with Gasteiger partial charge in [-0.2, -0.15) is 0 Å². The van der Waals surface area contributed by atoms with Crippen LogP contribution in [0.25, 0.3) is 0 Å². The van der Waals surface area contributed by atoms with E-state index in [0.717, 1.165) is 0 Å². The first-order chi connectivity index (χ1) is 5.49. The van der Waals surface area contributed by atoms with Gasteiger partial charge in [0.1, 0.15) is 0 Å². The molecule has 0 aromatic rings. The average molecular weight is 168 g/mol. The summed E-state index contributed by atoms with van der Waals surface area (Å²) < 4.78 is 0. The van der Waals surface area contributed by atoms with Crippen LogP contribution >= 0.6 is 0 Å². The Morgan fingerprint density at radius 2 is 2.17 bits per heavy atom. The van der Waals surface area contributed by atoms with E-state index in [1.54, 1.807) is 6.92 Å². The molecule has 0 heterocycles. The highest BCUT2D eigenvalue weighted by atomic mass is 16.4. The van der Waals surface area contributed by atoms with Crippen molar-refractivity contribution in [2.75, 3.05) is 0 Å². The molecule has 0 fully saturated rings. The van der Waals surface area contributed by atoms with E-state index in [2.05, 4.69) is 6.58 Å². The molecular formula is C10H16O2. The van der Waals surface area contributed by atoms with Gasteiger partial charge in [-0.3, -0.25) is 4.79 Å². The van der Waals surface area contributed by atoms with Gasteiger partial charge in [-0.15, -0.1) is 6.58 Å². The van der Waals surface area contributed by atoms with Gasteiger partial charge in [0.2, 0.25) is 0 Å². The number of rotatable bonds is 4. The SMILES string of the molecule is C=CC(C)(C(=O)O)C(C)C=CC. The highest BCUT2D eigenvalue weighted by Gasteiger charge is 2.34. The number of allylic oxidation sites excluding steroid dienone is 2. The number of carboxylic acid groups (broad SMARTS) is 1. The summed E-state index contributed by atoms with van der Waals surface area (Å²) in [5.74, 6) is -0.861. The molecule has 0 bridgehead atoms. The zero-order chi connectivity index (χ0) is 9.78. The Bertz CT molecular complexity index is 206. The maximum Gasteiger partial charge on any atom is 0.313 e. The predicted molar refractivity (Wildman–Crippen MR) is 49.9 cm³/mol. The Morgan fingerprint density at radius 3 is 2.42 bits per heavy atom. The van der Waals surface area contributed by atoms with E-state index >= 15 is 0 Å². The van der Waals surface area contributed by atoms with Crippen LogP contribution in [-0.4, -0.2) is 11.1 Å². The minimum atomic E-state index is -0.855. The lowest BCUT2D eigenvalue weighted by Gasteiger charge is -2.25. The third-order valence-corrected chi connectivity index (χ3v) is 2.31. The molecule has 0 aliphatic heterocycles. The van der Waals surface area contributed by atoms with Crippen molar-refractivity contribution < 1.29 is 9.90 Å². The fourth-order valence-electron chi connectivity index (χ4n) is 0.957. The summed E-state index contributed by atoms with van der Waals surface area (Å²) in [6, 6.07) is 0. The fraction of sp³-hybridized carbons (Fsp3) is 0.500. The molecule has 0 aliphatic rings. The Hall–Kier alpha value is -1.05. The van der Waals surface area contributed by atoms with Crippen molar-refractivity contribution in [2.24, 2.45) is 11.3 Å². The maximum absolute atomic E-state index is 10.9. The van der Waals surface area contributed by atoms with Gasteiger partial charge in [-0.1, -0.05) is 25.2 Å². The van der Waals surface area contributed by atoms with E-state index in [-0.39, 0.29) is 5.92 Å². The van der Waals surface area contributed by atoms with Crippen molar-refractivity contribution in [2.45, 2.75) is 20.8 Å². The van der Waals surface area contributed by atoms with E-state index in [1.165, 1.54) is 6.08 Å². The summed E-state index contributed by atoms with van der Waals surface area (Å²) in [6.45, 7) is 8.96. The topological polar surface area (TPSA) is 37.3 Å². The van der Waals surface area contributed by atoms with Gasteiger partial charge in [0.25, 0.3) is 0 Å². The maximum atomic E-state index is 10.9. The van der Waals surface area contributed by atoms with Gasteiger partial charge in [-0.05, 0) is 19.8 Å². The monoisotopic (exact) mass is 168 g/mol. The molecule has 68 valence electrons. The molecule has 0 rings (SSSR count). The summed E-state index contributed by atoms with van der Waals surface area (Å²) in [4.78, 5) is 10.9. The van der Waals surface area contributed by atoms with Crippen molar-refractivity contribution in [3.8, 4) is 0 Å². The number of aliphatic carboxylic acids is 1. The third kappa shape index (κ3) is 1.97. The quantitative estimate of drug-likeness (QED) is 0.655. The van der Waals surface area contributed by atoms with Crippen molar-refractivity contribution in [1.82, 2.24) is 0 Å². The van der Waals surface area contributed by atoms with Gasteiger partial charge in [-0.25, -0.2) is 0 Å². The Labute approximate surface area is 73.6 Å². The van der Waals surface area contributed by atoms with E-state index < -0.39 is 11.4 Å². The lowest BCUT2D eigenvalue weighted by atomic mass is 9.78. The number of carbonyl (C=O) groups is 1. The van der Waals surface area contributed by atoms with Gasteiger partial charge in [0, 0.05) is 0 Å². The zero-order valence-corrected chi connectivity index (χ0v) is 7.87. The van der Waals surface area contributed by atoms with Gasteiger partial charge >= 0.3 is 5.97 Å². The molecule has 0 saturated carbocycles. The normalized spacial score (nSPS) is 18.6. The molecule has 0 saturated heterocycles. The van der Waals surface area contributed by atoms with Crippen LogP contribution in [0.4, 0.5) is 0 Å². The first-order valence-electron chi connectivity index (χ1n) is 3.98. The lowest BCUT2D eigenvalue weighted by molar-refractivity contribution is -0.146. The third-order valence-electron chi connectivity index (χ3n) is 2.31. The summed E-state index contributed by atoms with van der Waals surface area (Å²) >= 11 is 0. The number of hydrogen-bond donors (Lipinski definition) is 1. The summed E-state index contributed by atoms with van der Waals surface area (Å²) in [6.07, 6.45) is 5.21. The van der Waals surface area contributed by atoms with Crippen molar-refractivity contribution in [3.63, 3.8) is 0 Å². The smallest absolute Gasteiger partial charge is 0.313 e. The van der Waals surface area contributed by atoms with Crippen LogP contribution in [0, 0.1) is 11.3 Å². The minimum absolute atomic E-state index is 0.0301. The predicted octanol–water partition coefficient (Wildman–Crippen LogP) is 2.48. The molecule has 0 radical (unpaired) electrons. The van der Waals surface area contributed by atoms with Crippen molar-refractivity contribution >= 4 is 5.97 Å². The number of carboxylic acids is 1. The van der Waals surface area contributed by atoms with Crippen molar-refractivity contribution in [3.05, 3.63) is 24.8 Å². The molecule has 0 aromatic carbocycles. The summed E-state index contributed by atoms with van der Waals surface area (Å²) in [5, 5.41) is 8.92. The molecule has 1 N–H and O–H groups in total. The molecule has 0 aromatic heterocycles. The van der Waals surface area contributed by atoms with Crippen LogP contribution in [0.2, 0.25) is 0 Å². The van der Waals surface area contributed by atoms with Crippen LogP contribution in [0.3, 0.4) is 0 Å². The van der Waals surface area contributed by atoms with E-state index in [1.807, 2.05) is 26.0 Å². The van der Waals surface area contributed by atoms with E-state index in [9.17, 15) is 4.79 Å². The fourth-order valence-corrected chi connectivity index (χ4v) is 0.957. The van der Waals surface area contributed by atoms with Crippen LogP contribution < -0.4 is 0 Å². The first-order valence-corrected chi connectivity index (χ1v) is 3.98. The molecule has 2 atom stereocenters. The molecule has 0 amide bonds. The first kappa shape index (κ1) is 11.0. The van der Waals surface area contributed by atoms with Gasteiger partial charge in [0.05, 0.1) is 5.41 Å². The highest BCUT2D eigenvalue weighted by Crippen LogP contribution is 2.29. The van der Waals surface area contributed by atoms with Crippen LogP contribution in [0.1, 0.15) is 20.8 Å². The second-order valence-corrected chi connectivity index (χ2v) is 3.11. The van der Waals surface area contributed by atoms with Gasteiger partial charge in [0.15, 0.2) is 0 Å². The minimum Gasteiger partial charge on any atom is -0.481 e. The molecule has 2 heteroatoms. The molecule has 2 unspecified atom stereocenters. The van der Waals surface area contributed by atoms with E-state index in [0.29, 0.717) is 0 Å². The molecule has 12 heavy (non-hydrogen) atoms. The Balaban J connectivity index is 4.74. The second kappa shape index (κ2) is 4.10. The second-order valence-electron chi connectivity index (χ2n) is 3.11. The zero-order valence-electron chi connectivity index (χ0n) is 7.87. The van der Waals surface area contributed by atoms with Crippen molar-refractivity contribution in [1.29, 1.82) is 0 Å². The van der Waals surface area contributed by atoms with Crippen LogP contribution in [-0.2, 0) is 4.79 Å². The molecule has 2 nitrogen and oxygen atoms in total. The standard InChI is InChI=1S/C10H16O2/c1-5-7-8(3)10(4,6-2)9(11)12/h5-8H,2H2,1,3-4H3,(H,11,12). The van der Waals surface area contributed by atoms with Gasteiger partial charge < -0.3 is 5.11 Å². The lowest BCUT2D eigenvalue weighted by Crippen LogP contribution is -2.31. The molecule has 0 spiro atoms. The van der Waals surface area contributed by atoms with Crippen LogP contribution in [0.15, 0.2) is 24.8 Å². The van der Waals surface area contributed by atoms with E-state index in [4.69, 9.17) is 5.11 Å². The average Bonchev–Trinajstić information content (AvgIpc) is 2.03. The summed E-state index contributed by atoms with van der Waals surface area (Å²) in [5.41, 5.74) is -0.855. The Morgan fingerprint density at radius 1 is 1.67 bits per heavy atom. The highest BCUT2D eigenvalue weighted by molar-refractivity contribution is 5.77. The molecule has 0 aliphatic carbocycles. The Kier molecular flexibility index (Phi) is 3.74. The summed E-state index contributed by atoms with van der Waals surface area (Å²) in [7, 11) is 0. The molecular weight excluding hydrogens is 152 g/mol. The largest absolute Gasteiger partial charge is 0.481 e. The number of hydrogen-bond acceptors (Lipinski definition) is 1. The van der Waals surface area contributed by atoms with Crippen LogP contribution in [0.5, 0.6) is 0 Å².